The SMILES string of the molecule is NCCC1(Oc2ccc(OC(F)(F)F)cc2)CCC1. The van der Waals surface area contributed by atoms with Gasteiger partial charge in [-0.3, -0.25) is 0 Å². The summed E-state index contributed by atoms with van der Waals surface area (Å²) in [5.41, 5.74) is 5.31. The normalized spacial score (nSPS) is 17.7. The lowest BCUT2D eigenvalue weighted by atomic mass is 9.77. The van der Waals surface area contributed by atoms with E-state index < -0.39 is 6.36 Å². The lowest BCUT2D eigenvalue weighted by Crippen LogP contribution is -2.44. The zero-order valence-corrected chi connectivity index (χ0v) is 10.4. The van der Waals surface area contributed by atoms with Crippen LogP contribution >= 0.6 is 0 Å². The molecule has 1 fully saturated rings. The van der Waals surface area contributed by atoms with Crippen LogP contribution in [0.1, 0.15) is 25.7 Å². The average Bonchev–Trinajstić information content (AvgIpc) is 2.27. The van der Waals surface area contributed by atoms with Crippen LogP contribution in [-0.2, 0) is 0 Å². The summed E-state index contributed by atoms with van der Waals surface area (Å²) in [6, 6.07) is 5.46. The molecule has 1 aromatic rings. The molecule has 3 nitrogen and oxygen atoms in total. The third-order valence-corrected chi connectivity index (χ3v) is 3.26. The zero-order chi connectivity index (χ0) is 13.9. The van der Waals surface area contributed by atoms with Crippen molar-refractivity contribution in [2.24, 2.45) is 5.73 Å². The fraction of sp³-hybridized carbons (Fsp3) is 0.538. The molecule has 0 spiro atoms. The van der Waals surface area contributed by atoms with Crippen LogP contribution in [0.3, 0.4) is 0 Å². The Morgan fingerprint density at radius 2 is 1.68 bits per heavy atom. The van der Waals surface area contributed by atoms with Gasteiger partial charge in [0.2, 0.25) is 0 Å². The molecule has 106 valence electrons. The molecule has 2 rings (SSSR count). The van der Waals surface area contributed by atoms with Crippen molar-refractivity contribution < 1.29 is 22.6 Å². The third kappa shape index (κ3) is 3.76. The zero-order valence-electron chi connectivity index (χ0n) is 10.4. The van der Waals surface area contributed by atoms with Crippen molar-refractivity contribution in [3.05, 3.63) is 24.3 Å². The lowest BCUT2D eigenvalue weighted by Gasteiger charge is -2.41. The third-order valence-electron chi connectivity index (χ3n) is 3.26. The summed E-state index contributed by atoms with van der Waals surface area (Å²) in [7, 11) is 0. The van der Waals surface area contributed by atoms with Gasteiger partial charge in [-0.05, 0) is 56.5 Å². The van der Waals surface area contributed by atoms with Gasteiger partial charge < -0.3 is 15.2 Å². The first-order valence-electron chi connectivity index (χ1n) is 6.17. The number of nitrogens with two attached hydrogens (primary N) is 1. The Kier molecular flexibility index (Phi) is 3.89. The molecule has 1 aliphatic rings. The van der Waals surface area contributed by atoms with Crippen LogP contribution in [0.25, 0.3) is 0 Å². The summed E-state index contributed by atoms with van der Waals surface area (Å²) in [5, 5.41) is 0. The highest BCUT2D eigenvalue weighted by atomic mass is 19.4. The van der Waals surface area contributed by atoms with Crippen LogP contribution in [0, 0.1) is 0 Å². The van der Waals surface area contributed by atoms with E-state index in [9.17, 15) is 13.2 Å². The van der Waals surface area contributed by atoms with Crippen LogP contribution in [0.5, 0.6) is 11.5 Å². The van der Waals surface area contributed by atoms with Gasteiger partial charge in [0.15, 0.2) is 0 Å². The van der Waals surface area contributed by atoms with Gasteiger partial charge in [0.05, 0.1) is 0 Å². The van der Waals surface area contributed by atoms with Crippen molar-refractivity contribution in [3.8, 4) is 11.5 Å². The minimum absolute atomic E-state index is 0.235. The van der Waals surface area contributed by atoms with Gasteiger partial charge >= 0.3 is 6.36 Å². The number of ether oxygens (including phenoxy) is 2. The average molecular weight is 275 g/mol. The Morgan fingerprint density at radius 3 is 2.11 bits per heavy atom. The highest BCUT2D eigenvalue weighted by Gasteiger charge is 2.38. The fourth-order valence-electron chi connectivity index (χ4n) is 2.20. The van der Waals surface area contributed by atoms with E-state index in [2.05, 4.69) is 4.74 Å². The molecule has 0 aliphatic heterocycles. The molecular weight excluding hydrogens is 259 g/mol. The molecule has 6 heteroatoms. The van der Waals surface area contributed by atoms with Crippen LogP contribution in [-0.4, -0.2) is 18.5 Å². The van der Waals surface area contributed by atoms with Crippen molar-refractivity contribution in [3.63, 3.8) is 0 Å². The summed E-state index contributed by atoms with van der Waals surface area (Å²) in [6.07, 6.45) is -0.948. The molecule has 0 unspecified atom stereocenters. The van der Waals surface area contributed by atoms with E-state index in [1.807, 2.05) is 0 Å². The van der Waals surface area contributed by atoms with E-state index in [1.165, 1.54) is 24.3 Å². The maximum atomic E-state index is 12.0. The number of rotatable bonds is 5. The molecule has 1 aliphatic carbocycles. The number of benzene rings is 1. The summed E-state index contributed by atoms with van der Waals surface area (Å²) < 4.78 is 45.7. The largest absolute Gasteiger partial charge is 0.573 e. The summed E-state index contributed by atoms with van der Waals surface area (Å²) >= 11 is 0. The van der Waals surface area contributed by atoms with Crippen LogP contribution in [0.2, 0.25) is 0 Å². The van der Waals surface area contributed by atoms with Crippen molar-refractivity contribution >= 4 is 0 Å². The number of hydrogen-bond donors (Lipinski definition) is 1. The maximum absolute atomic E-state index is 12.0. The van der Waals surface area contributed by atoms with Gasteiger partial charge in [-0.2, -0.15) is 0 Å². The molecule has 0 aromatic heterocycles. The predicted molar refractivity (Wildman–Crippen MR) is 64.0 cm³/mol. The molecule has 1 aromatic carbocycles. The molecular formula is C13H16F3NO2. The van der Waals surface area contributed by atoms with Crippen molar-refractivity contribution in [2.75, 3.05) is 6.54 Å². The molecule has 19 heavy (non-hydrogen) atoms. The van der Waals surface area contributed by atoms with E-state index >= 15 is 0 Å². The first-order chi connectivity index (χ1) is 8.92. The molecule has 0 bridgehead atoms. The van der Waals surface area contributed by atoms with E-state index in [4.69, 9.17) is 10.5 Å². The quantitative estimate of drug-likeness (QED) is 0.897. The first-order valence-corrected chi connectivity index (χ1v) is 6.17. The summed E-state index contributed by atoms with van der Waals surface area (Å²) in [5.74, 6) is 0.295. The Labute approximate surface area is 109 Å². The summed E-state index contributed by atoms with van der Waals surface area (Å²) in [4.78, 5) is 0. The van der Waals surface area contributed by atoms with E-state index in [0.29, 0.717) is 12.3 Å². The molecule has 2 N–H and O–H groups in total. The molecule has 0 atom stereocenters. The van der Waals surface area contributed by atoms with E-state index in [-0.39, 0.29) is 11.4 Å². The monoisotopic (exact) mass is 275 g/mol. The Morgan fingerprint density at radius 1 is 1.11 bits per heavy atom. The second-order valence-electron chi connectivity index (χ2n) is 4.70. The van der Waals surface area contributed by atoms with Gasteiger partial charge in [0.1, 0.15) is 17.1 Å². The minimum atomic E-state index is -4.67. The van der Waals surface area contributed by atoms with Crippen LogP contribution < -0.4 is 15.2 Å². The van der Waals surface area contributed by atoms with Crippen LogP contribution in [0.4, 0.5) is 13.2 Å². The molecule has 1 saturated carbocycles. The Hall–Kier alpha value is -1.43. The van der Waals surface area contributed by atoms with E-state index in [0.717, 1.165) is 25.7 Å². The smallest absolute Gasteiger partial charge is 0.487 e. The van der Waals surface area contributed by atoms with Gasteiger partial charge in [-0.1, -0.05) is 0 Å². The standard InChI is InChI=1S/C13H16F3NO2/c14-13(15,16)19-11-4-2-10(3-5-11)18-12(8-9-17)6-1-7-12/h2-5H,1,6-9,17H2. The molecule has 0 radical (unpaired) electrons. The Bertz CT molecular complexity index is 413. The Balaban J connectivity index is 1.98. The molecule has 0 saturated heterocycles. The molecule has 0 heterocycles. The number of hydrogen-bond acceptors (Lipinski definition) is 3. The van der Waals surface area contributed by atoms with Gasteiger partial charge in [-0.25, -0.2) is 0 Å². The topological polar surface area (TPSA) is 44.5 Å². The number of alkyl halides is 3. The van der Waals surface area contributed by atoms with Crippen molar-refractivity contribution in [2.45, 2.75) is 37.6 Å². The van der Waals surface area contributed by atoms with Gasteiger partial charge in [0.25, 0.3) is 0 Å². The molecule has 0 amide bonds. The lowest BCUT2D eigenvalue weighted by molar-refractivity contribution is -0.274. The summed E-state index contributed by atoms with van der Waals surface area (Å²) in [6.45, 7) is 0.537. The van der Waals surface area contributed by atoms with Crippen LogP contribution in [0.15, 0.2) is 24.3 Å². The second kappa shape index (κ2) is 5.28. The highest BCUT2D eigenvalue weighted by Crippen LogP contribution is 2.39. The predicted octanol–water partition coefficient (Wildman–Crippen LogP) is 3.24. The van der Waals surface area contributed by atoms with Gasteiger partial charge in [0, 0.05) is 0 Å². The van der Waals surface area contributed by atoms with E-state index in [1.54, 1.807) is 0 Å². The minimum Gasteiger partial charge on any atom is -0.487 e. The second-order valence-corrected chi connectivity index (χ2v) is 4.70. The number of halogens is 3. The van der Waals surface area contributed by atoms with Crippen molar-refractivity contribution in [1.29, 1.82) is 0 Å². The van der Waals surface area contributed by atoms with Gasteiger partial charge in [-0.15, -0.1) is 13.2 Å². The van der Waals surface area contributed by atoms with Crippen molar-refractivity contribution in [1.82, 2.24) is 0 Å². The fourth-order valence-corrected chi connectivity index (χ4v) is 2.20. The first kappa shape index (κ1) is 14.0. The maximum Gasteiger partial charge on any atom is 0.573 e. The highest BCUT2D eigenvalue weighted by molar-refractivity contribution is 5.32.